The summed E-state index contributed by atoms with van der Waals surface area (Å²) in [7, 11) is 0. The number of hydrogen-bond donors (Lipinski definition) is 0. The molecule has 21 heavy (non-hydrogen) atoms. The standard InChI is InChI=1S/C16H22BrNO3/c1-11-9-18(15(19)21-16(2,3)4)14(10-20-11)12-5-7-13(17)8-6-12/h5-8,11,14H,9-10H2,1-4H3/t11-,14-/m0/s1. The highest BCUT2D eigenvalue weighted by atomic mass is 79.9. The molecule has 0 aromatic heterocycles. The highest BCUT2D eigenvalue weighted by molar-refractivity contribution is 9.10. The van der Waals surface area contributed by atoms with Gasteiger partial charge >= 0.3 is 6.09 Å². The molecule has 0 unspecified atom stereocenters. The van der Waals surface area contributed by atoms with Crippen LogP contribution in [0.5, 0.6) is 0 Å². The molecule has 1 amide bonds. The highest BCUT2D eigenvalue weighted by Gasteiger charge is 2.34. The molecule has 0 saturated carbocycles. The number of ether oxygens (including phenoxy) is 2. The Kier molecular flexibility index (Phi) is 4.94. The van der Waals surface area contributed by atoms with Gasteiger partial charge in [-0.2, -0.15) is 0 Å². The number of carbonyl (C=O) groups excluding carboxylic acids is 1. The maximum Gasteiger partial charge on any atom is 0.410 e. The normalized spacial score (nSPS) is 23.0. The number of nitrogens with zero attached hydrogens (tertiary/aromatic N) is 1. The predicted molar refractivity (Wildman–Crippen MR) is 85.2 cm³/mol. The molecule has 116 valence electrons. The zero-order valence-electron chi connectivity index (χ0n) is 12.9. The van der Waals surface area contributed by atoms with E-state index in [1.165, 1.54) is 0 Å². The van der Waals surface area contributed by atoms with Crippen molar-refractivity contribution in [1.29, 1.82) is 0 Å². The van der Waals surface area contributed by atoms with E-state index in [1.807, 2.05) is 52.0 Å². The van der Waals surface area contributed by atoms with Crippen molar-refractivity contribution in [3.05, 3.63) is 34.3 Å². The van der Waals surface area contributed by atoms with E-state index in [4.69, 9.17) is 9.47 Å². The summed E-state index contributed by atoms with van der Waals surface area (Å²) in [5.41, 5.74) is 0.555. The SMILES string of the molecule is C[C@H]1CN(C(=O)OC(C)(C)C)[C@H](c2ccc(Br)cc2)CO1. The smallest absolute Gasteiger partial charge is 0.410 e. The fraction of sp³-hybridized carbons (Fsp3) is 0.562. The van der Waals surface area contributed by atoms with E-state index < -0.39 is 5.60 Å². The Morgan fingerprint density at radius 1 is 1.33 bits per heavy atom. The number of rotatable bonds is 1. The van der Waals surface area contributed by atoms with E-state index in [1.54, 1.807) is 4.90 Å². The number of morpholine rings is 1. The first-order valence-electron chi connectivity index (χ1n) is 7.13. The number of carbonyl (C=O) groups is 1. The molecule has 0 spiro atoms. The second kappa shape index (κ2) is 6.36. The first-order valence-corrected chi connectivity index (χ1v) is 7.92. The van der Waals surface area contributed by atoms with E-state index in [2.05, 4.69) is 15.9 Å². The molecule has 0 aliphatic carbocycles. The summed E-state index contributed by atoms with van der Waals surface area (Å²) in [5, 5.41) is 0. The van der Waals surface area contributed by atoms with Crippen molar-refractivity contribution in [2.75, 3.05) is 13.2 Å². The molecule has 1 aliphatic heterocycles. The average molecular weight is 356 g/mol. The lowest BCUT2D eigenvalue weighted by Gasteiger charge is -2.39. The third-order valence-corrected chi connectivity index (χ3v) is 3.78. The molecule has 1 aromatic rings. The summed E-state index contributed by atoms with van der Waals surface area (Å²) in [4.78, 5) is 14.2. The van der Waals surface area contributed by atoms with Crippen LogP contribution in [0, 0.1) is 0 Å². The fourth-order valence-corrected chi connectivity index (χ4v) is 2.55. The van der Waals surface area contributed by atoms with Crippen molar-refractivity contribution in [2.24, 2.45) is 0 Å². The molecule has 1 fully saturated rings. The summed E-state index contributed by atoms with van der Waals surface area (Å²) in [6, 6.07) is 7.85. The van der Waals surface area contributed by atoms with Crippen LogP contribution in [0.4, 0.5) is 4.79 Å². The van der Waals surface area contributed by atoms with Crippen LogP contribution in [0.2, 0.25) is 0 Å². The molecule has 1 saturated heterocycles. The molecule has 2 atom stereocenters. The number of halogens is 1. The minimum absolute atomic E-state index is 0.0178. The van der Waals surface area contributed by atoms with Crippen molar-refractivity contribution in [1.82, 2.24) is 4.90 Å². The van der Waals surface area contributed by atoms with Crippen LogP contribution in [0.25, 0.3) is 0 Å². The largest absolute Gasteiger partial charge is 0.444 e. The van der Waals surface area contributed by atoms with Gasteiger partial charge < -0.3 is 9.47 Å². The maximum absolute atomic E-state index is 12.4. The molecule has 4 nitrogen and oxygen atoms in total. The zero-order valence-corrected chi connectivity index (χ0v) is 14.5. The summed E-state index contributed by atoms with van der Waals surface area (Å²) >= 11 is 3.43. The fourth-order valence-electron chi connectivity index (χ4n) is 2.29. The van der Waals surface area contributed by atoms with E-state index in [9.17, 15) is 4.79 Å². The molecule has 0 N–H and O–H groups in total. The van der Waals surface area contributed by atoms with Crippen LogP contribution in [0.15, 0.2) is 28.7 Å². The monoisotopic (exact) mass is 355 g/mol. The van der Waals surface area contributed by atoms with Gasteiger partial charge in [-0.3, -0.25) is 4.90 Å². The second-order valence-electron chi connectivity index (χ2n) is 6.34. The van der Waals surface area contributed by atoms with Crippen molar-refractivity contribution >= 4 is 22.0 Å². The van der Waals surface area contributed by atoms with Crippen LogP contribution >= 0.6 is 15.9 Å². The van der Waals surface area contributed by atoms with E-state index in [0.717, 1.165) is 10.0 Å². The Bertz CT molecular complexity index is 495. The van der Waals surface area contributed by atoms with Gasteiger partial charge in [0.05, 0.1) is 25.3 Å². The zero-order chi connectivity index (χ0) is 15.6. The Morgan fingerprint density at radius 3 is 2.52 bits per heavy atom. The van der Waals surface area contributed by atoms with Gasteiger partial charge in [0, 0.05) is 4.47 Å². The maximum atomic E-state index is 12.4. The molecule has 1 aliphatic rings. The molecular formula is C16H22BrNO3. The van der Waals surface area contributed by atoms with Crippen LogP contribution in [-0.4, -0.2) is 35.8 Å². The average Bonchev–Trinajstić information content (AvgIpc) is 2.38. The van der Waals surface area contributed by atoms with Crippen molar-refractivity contribution in [3.63, 3.8) is 0 Å². The quantitative estimate of drug-likeness (QED) is 0.759. The summed E-state index contributed by atoms with van der Waals surface area (Å²) < 4.78 is 12.3. The summed E-state index contributed by atoms with van der Waals surface area (Å²) in [5.74, 6) is 0. The van der Waals surface area contributed by atoms with Crippen molar-refractivity contribution in [3.8, 4) is 0 Å². The Hall–Kier alpha value is -1.07. The van der Waals surface area contributed by atoms with E-state index in [0.29, 0.717) is 13.2 Å². The van der Waals surface area contributed by atoms with Gasteiger partial charge in [0.1, 0.15) is 5.60 Å². The molecule has 1 heterocycles. The minimum Gasteiger partial charge on any atom is -0.444 e. The predicted octanol–water partition coefficient (Wildman–Crippen LogP) is 4.15. The molecule has 0 radical (unpaired) electrons. The van der Waals surface area contributed by atoms with Crippen LogP contribution in [0.1, 0.15) is 39.3 Å². The first kappa shape index (κ1) is 16.3. The molecule has 0 bridgehead atoms. The number of amides is 1. The van der Waals surface area contributed by atoms with Gasteiger partial charge in [-0.05, 0) is 45.4 Å². The molecule has 2 rings (SSSR count). The Balaban J connectivity index is 2.21. The van der Waals surface area contributed by atoms with E-state index in [-0.39, 0.29) is 18.2 Å². The lowest BCUT2D eigenvalue weighted by Crippen LogP contribution is -2.48. The topological polar surface area (TPSA) is 38.8 Å². The summed E-state index contributed by atoms with van der Waals surface area (Å²) in [6.45, 7) is 8.63. The second-order valence-corrected chi connectivity index (χ2v) is 7.26. The van der Waals surface area contributed by atoms with Crippen LogP contribution < -0.4 is 0 Å². The Morgan fingerprint density at radius 2 is 1.95 bits per heavy atom. The minimum atomic E-state index is -0.497. The van der Waals surface area contributed by atoms with Gasteiger partial charge in [-0.1, -0.05) is 28.1 Å². The van der Waals surface area contributed by atoms with Crippen molar-refractivity contribution < 1.29 is 14.3 Å². The Labute approximate surface area is 134 Å². The molecule has 5 heteroatoms. The number of hydrogen-bond acceptors (Lipinski definition) is 3. The van der Waals surface area contributed by atoms with Gasteiger partial charge in [0.2, 0.25) is 0 Å². The van der Waals surface area contributed by atoms with Gasteiger partial charge in [-0.25, -0.2) is 4.79 Å². The van der Waals surface area contributed by atoms with Gasteiger partial charge in [0.15, 0.2) is 0 Å². The molecule has 1 aromatic carbocycles. The summed E-state index contributed by atoms with van der Waals surface area (Å²) in [6.07, 6.45) is -0.269. The number of benzene rings is 1. The van der Waals surface area contributed by atoms with Crippen molar-refractivity contribution in [2.45, 2.75) is 45.4 Å². The lowest BCUT2D eigenvalue weighted by molar-refractivity contribution is -0.0644. The molecular weight excluding hydrogens is 334 g/mol. The van der Waals surface area contributed by atoms with Crippen LogP contribution in [-0.2, 0) is 9.47 Å². The first-order chi connectivity index (χ1) is 9.76. The van der Waals surface area contributed by atoms with E-state index >= 15 is 0 Å². The third kappa shape index (κ3) is 4.45. The lowest BCUT2D eigenvalue weighted by atomic mass is 10.0. The highest BCUT2D eigenvalue weighted by Crippen LogP contribution is 2.28. The van der Waals surface area contributed by atoms with Crippen LogP contribution in [0.3, 0.4) is 0 Å². The van der Waals surface area contributed by atoms with Gasteiger partial charge in [0.25, 0.3) is 0 Å². The third-order valence-electron chi connectivity index (χ3n) is 3.25. The van der Waals surface area contributed by atoms with Gasteiger partial charge in [-0.15, -0.1) is 0 Å².